The summed E-state index contributed by atoms with van der Waals surface area (Å²) >= 11 is 0. The number of aromatic nitrogens is 4. The van der Waals surface area contributed by atoms with Crippen LogP contribution in [-0.2, 0) is 18.4 Å². The average Bonchev–Trinajstić information content (AvgIpc) is 2.67. The second kappa shape index (κ2) is 4.69. The number of tetrazole rings is 1. The van der Waals surface area contributed by atoms with Gasteiger partial charge in [-0.15, -0.1) is 10.2 Å². The van der Waals surface area contributed by atoms with Crippen molar-refractivity contribution in [3.63, 3.8) is 0 Å². The van der Waals surface area contributed by atoms with E-state index >= 15 is 0 Å². The molecular weight excluding hydrogens is 206 g/mol. The van der Waals surface area contributed by atoms with Gasteiger partial charge in [-0.25, -0.2) is 0 Å². The Kier molecular flexibility index (Phi) is 3.28. The van der Waals surface area contributed by atoms with Crippen LogP contribution in [0.1, 0.15) is 25.6 Å². The lowest BCUT2D eigenvalue weighted by Crippen LogP contribution is -2.40. The maximum Gasteiger partial charge on any atom is 0.188 e. The van der Waals surface area contributed by atoms with Gasteiger partial charge in [0.2, 0.25) is 0 Å². The number of hydrogen-bond acceptors (Lipinski definition) is 5. The Balaban J connectivity index is 1.93. The standard InChI is InChI=1S/C10H17N5O/c1-3-8-6-15(5-4-9(8)16)7-10-11-13-14(2)12-10/h8H,3-7H2,1-2H3. The lowest BCUT2D eigenvalue weighted by Gasteiger charge is -2.30. The molecule has 1 aliphatic heterocycles. The minimum absolute atomic E-state index is 0.186. The molecule has 1 atom stereocenters. The molecule has 0 N–H and O–H groups in total. The molecule has 2 rings (SSSR count). The highest BCUT2D eigenvalue weighted by atomic mass is 16.1. The molecule has 0 spiro atoms. The molecule has 1 aromatic heterocycles. The van der Waals surface area contributed by atoms with Crippen molar-refractivity contribution in [3.8, 4) is 0 Å². The number of ketones is 1. The number of nitrogens with zero attached hydrogens (tertiary/aromatic N) is 5. The van der Waals surface area contributed by atoms with Gasteiger partial charge in [0.05, 0.1) is 13.6 Å². The van der Waals surface area contributed by atoms with Crippen LogP contribution in [-0.4, -0.2) is 44.0 Å². The molecule has 1 saturated heterocycles. The van der Waals surface area contributed by atoms with Gasteiger partial charge in [-0.1, -0.05) is 6.92 Å². The van der Waals surface area contributed by atoms with Crippen molar-refractivity contribution < 1.29 is 4.79 Å². The van der Waals surface area contributed by atoms with Crippen LogP contribution in [0.15, 0.2) is 0 Å². The number of Topliss-reactive ketones (excluding diaryl/α,β-unsaturated/α-hetero) is 1. The fraction of sp³-hybridized carbons (Fsp3) is 0.800. The van der Waals surface area contributed by atoms with Gasteiger partial charge >= 0.3 is 0 Å². The molecule has 1 fully saturated rings. The number of piperidine rings is 1. The molecule has 0 aromatic carbocycles. The Labute approximate surface area is 94.6 Å². The second-order valence-electron chi connectivity index (χ2n) is 4.25. The molecule has 2 heterocycles. The van der Waals surface area contributed by atoms with Crippen molar-refractivity contribution in [2.45, 2.75) is 26.3 Å². The van der Waals surface area contributed by atoms with Gasteiger partial charge in [0.15, 0.2) is 5.82 Å². The van der Waals surface area contributed by atoms with Crippen LogP contribution in [0.3, 0.4) is 0 Å². The van der Waals surface area contributed by atoms with Crippen LogP contribution < -0.4 is 0 Å². The number of hydrogen-bond donors (Lipinski definition) is 0. The average molecular weight is 223 g/mol. The summed E-state index contributed by atoms with van der Waals surface area (Å²) in [7, 11) is 1.76. The molecule has 0 aliphatic carbocycles. The van der Waals surface area contributed by atoms with Crippen molar-refractivity contribution in [2.75, 3.05) is 13.1 Å². The summed E-state index contributed by atoms with van der Waals surface area (Å²) in [5, 5.41) is 11.9. The molecule has 0 saturated carbocycles. The zero-order valence-corrected chi connectivity index (χ0v) is 9.76. The number of rotatable bonds is 3. The van der Waals surface area contributed by atoms with Gasteiger partial charge in [0.25, 0.3) is 0 Å². The minimum Gasteiger partial charge on any atom is -0.299 e. The third-order valence-corrected chi connectivity index (χ3v) is 3.02. The zero-order valence-electron chi connectivity index (χ0n) is 9.76. The highest BCUT2D eigenvalue weighted by Gasteiger charge is 2.26. The van der Waals surface area contributed by atoms with Crippen LogP contribution >= 0.6 is 0 Å². The summed E-state index contributed by atoms with van der Waals surface area (Å²) in [5.41, 5.74) is 0. The van der Waals surface area contributed by atoms with E-state index in [1.807, 2.05) is 0 Å². The van der Waals surface area contributed by atoms with Gasteiger partial charge in [0.1, 0.15) is 5.78 Å². The molecule has 88 valence electrons. The van der Waals surface area contributed by atoms with Crippen molar-refractivity contribution >= 4 is 5.78 Å². The van der Waals surface area contributed by atoms with E-state index in [4.69, 9.17) is 0 Å². The summed E-state index contributed by atoms with van der Waals surface area (Å²) in [5.74, 6) is 1.31. The number of carbonyl (C=O) groups excluding carboxylic acids is 1. The van der Waals surface area contributed by atoms with Crippen LogP contribution in [0.25, 0.3) is 0 Å². The SMILES string of the molecule is CCC1CN(Cc2nnn(C)n2)CCC1=O. The predicted octanol–water partition coefficient (Wildman–Crippen LogP) is 0.0111. The van der Waals surface area contributed by atoms with Gasteiger partial charge in [-0.2, -0.15) is 4.80 Å². The largest absolute Gasteiger partial charge is 0.299 e. The van der Waals surface area contributed by atoms with E-state index in [1.54, 1.807) is 7.05 Å². The van der Waals surface area contributed by atoms with E-state index in [2.05, 4.69) is 27.2 Å². The summed E-state index contributed by atoms with van der Waals surface area (Å²) in [4.78, 5) is 15.2. The molecule has 0 amide bonds. The van der Waals surface area contributed by atoms with Crippen LogP contribution in [0, 0.1) is 5.92 Å². The zero-order chi connectivity index (χ0) is 11.5. The second-order valence-corrected chi connectivity index (χ2v) is 4.25. The lowest BCUT2D eigenvalue weighted by atomic mass is 9.94. The molecule has 1 aromatic rings. The fourth-order valence-corrected chi connectivity index (χ4v) is 2.06. The minimum atomic E-state index is 0.186. The van der Waals surface area contributed by atoms with Gasteiger partial charge < -0.3 is 0 Å². The highest BCUT2D eigenvalue weighted by Crippen LogP contribution is 2.16. The van der Waals surface area contributed by atoms with E-state index in [1.165, 1.54) is 4.80 Å². The smallest absolute Gasteiger partial charge is 0.188 e. The summed E-state index contributed by atoms with van der Waals surface area (Å²) in [6.07, 6.45) is 1.57. The Morgan fingerprint density at radius 3 is 2.94 bits per heavy atom. The quantitative estimate of drug-likeness (QED) is 0.722. The maximum absolute atomic E-state index is 11.6. The topological polar surface area (TPSA) is 63.9 Å². The van der Waals surface area contributed by atoms with Crippen LogP contribution in [0.4, 0.5) is 0 Å². The number of likely N-dealkylation sites (tertiary alicyclic amines) is 1. The Bertz CT molecular complexity index is 375. The van der Waals surface area contributed by atoms with Crippen LogP contribution in [0.5, 0.6) is 0 Å². The molecule has 1 aliphatic rings. The van der Waals surface area contributed by atoms with Gasteiger partial charge in [-0.3, -0.25) is 9.69 Å². The molecule has 16 heavy (non-hydrogen) atoms. The first kappa shape index (κ1) is 11.2. The monoisotopic (exact) mass is 223 g/mol. The van der Waals surface area contributed by atoms with E-state index in [0.29, 0.717) is 18.7 Å². The molecule has 6 heteroatoms. The van der Waals surface area contributed by atoms with E-state index in [0.717, 1.165) is 25.3 Å². The van der Waals surface area contributed by atoms with Crippen molar-refractivity contribution in [1.82, 2.24) is 25.1 Å². The molecular formula is C10H17N5O. The van der Waals surface area contributed by atoms with Gasteiger partial charge in [-0.05, 0) is 11.6 Å². The normalized spacial score (nSPS) is 22.6. The number of aryl methyl sites for hydroxylation is 1. The van der Waals surface area contributed by atoms with E-state index < -0.39 is 0 Å². The van der Waals surface area contributed by atoms with Gasteiger partial charge in [0, 0.05) is 25.4 Å². The Morgan fingerprint density at radius 1 is 1.50 bits per heavy atom. The fourth-order valence-electron chi connectivity index (χ4n) is 2.06. The molecule has 0 radical (unpaired) electrons. The first-order valence-corrected chi connectivity index (χ1v) is 5.67. The van der Waals surface area contributed by atoms with E-state index in [9.17, 15) is 4.79 Å². The van der Waals surface area contributed by atoms with Crippen molar-refractivity contribution in [3.05, 3.63) is 5.82 Å². The molecule has 1 unspecified atom stereocenters. The Morgan fingerprint density at radius 2 is 2.31 bits per heavy atom. The first-order chi connectivity index (χ1) is 7.69. The third kappa shape index (κ3) is 2.44. The lowest BCUT2D eigenvalue weighted by molar-refractivity contribution is -0.126. The Hall–Kier alpha value is -1.30. The maximum atomic E-state index is 11.6. The predicted molar refractivity (Wildman–Crippen MR) is 57.5 cm³/mol. The first-order valence-electron chi connectivity index (χ1n) is 5.67. The van der Waals surface area contributed by atoms with E-state index in [-0.39, 0.29) is 5.92 Å². The van der Waals surface area contributed by atoms with Crippen molar-refractivity contribution in [1.29, 1.82) is 0 Å². The molecule has 6 nitrogen and oxygen atoms in total. The summed E-state index contributed by atoms with van der Waals surface area (Å²) in [6, 6.07) is 0. The summed E-state index contributed by atoms with van der Waals surface area (Å²) < 4.78 is 0. The highest BCUT2D eigenvalue weighted by molar-refractivity contribution is 5.82. The molecule has 0 bridgehead atoms. The van der Waals surface area contributed by atoms with Crippen molar-refractivity contribution in [2.24, 2.45) is 13.0 Å². The third-order valence-electron chi connectivity index (χ3n) is 3.02. The number of carbonyl (C=O) groups is 1. The summed E-state index contributed by atoms with van der Waals surface area (Å²) in [6.45, 7) is 4.39. The van der Waals surface area contributed by atoms with Crippen LogP contribution in [0.2, 0.25) is 0 Å².